The van der Waals surface area contributed by atoms with Gasteiger partial charge in [-0.3, -0.25) is 4.99 Å². The molecule has 3 rings (SSSR count). The van der Waals surface area contributed by atoms with E-state index in [2.05, 4.69) is 18.6 Å². The van der Waals surface area contributed by atoms with Crippen molar-refractivity contribution in [3.8, 4) is 0 Å². The van der Waals surface area contributed by atoms with Crippen molar-refractivity contribution in [3.05, 3.63) is 0 Å². The van der Waals surface area contributed by atoms with E-state index in [4.69, 9.17) is 4.74 Å². The van der Waals surface area contributed by atoms with Crippen LogP contribution in [0, 0.1) is 23.7 Å². The van der Waals surface area contributed by atoms with E-state index in [1.807, 2.05) is 0 Å². The second-order valence-corrected chi connectivity index (χ2v) is 9.65. The summed E-state index contributed by atoms with van der Waals surface area (Å²) in [5, 5.41) is 0. The normalized spacial score (nSPS) is 38.8. The Morgan fingerprint density at radius 3 is 1.92 bits per heavy atom. The molecule has 0 radical (unpaired) electrons. The Kier molecular flexibility index (Phi) is 8.49. The van der Waals surface area contributed by atoms with Crippen LogP contribution in [0.25, 0.3) is 0 Å². The second-order valence-electron chi connectivity index (χ2n) is 9.65. The highest BCUT2D eigenvalue weighted by Crippen LogP contribution is 2.41. The van der Waals surface area contributed by atoms with E-state index in [-0.39, 0.29) is 0 Å². The van der Waals surface area contributed by atoms with Crippen molar-refractivity contribution < 1.29 is 4.74 Å². The molecule has 3 saturated carbocycles. The maximum Gasteiger partial charge on any atom is 0.0575 e. The molecule has 2 nitrogen and oxygen atoms in total. The van der Waals surface area contributed by atoms with Crippen LogP contribution in [0.15, 0.2) is 4.99 Å². The van der Waals surface area contributed by atoms with Crippen molar-refractivity contribution in [2.75, 3.05) is 6.61 Å². The monoisotopic (exact) mass is 361 g/mol. The molecule has 0 unspecified atom stereocenters. The molecule has 0 amide bonds. The summed E-state index contributed by atoms with van der Waals surface area (Å²) in [6.45, 7) is 7.10. The number of unbranched alkanes of at least 4 members (excludes halogenated alkanes) is 1. The number of rotatable bonds is 8. The first kappa shape index (κ1) is 20.4. The van der Waals surface area contributed by atoms with Gasteiger partial charge in [0.2, 0.25) is 0 Å². The van der Waals surface area contributed by atoms with Gasteiger partial charge >= 0.3 is 0 Å². The molecule has 0 spiro atoms. The highest BCUT2D eigenvalue weighted by atomic mass is 16.5. The molecular formula is C24H43NO. The highest BCUT2D eigenvalue weighted by molar-refractivity contribution is 5.24. The van der Waals surface area contributed by atoms with Crippen LogP contribution in [0.3, 0.4) is 0 Å². The lowest BCUT2D eigenvalue weighted by molar-refractivity contribution is -0.0127. The Labute approximate surface area is 162 Å². The quantitative estimate of drug-likeness (QED) is 0.435. The first-order valence-corrected chi connectivity index (χ1v) is 11.9. The third kappa shape index (κ3) is 6.08. The average Bonchev–Trinajstić information content (AvgIpc) is 2.72. The van der Waals surface area contributed by atoms with Gasteiger partial charge in [-0.2, -0.15) is 0 Å². The summed E-state index contributed by atoms with van der Waals surface area (Å²) in [7, 11) is 0. The largest absolute Gasteiger partial charge is 0.378 e. The molecule has 0 N–H and O–H groups in total. The van der Waals surface area contributed by atoms with E-state index < -0.39 is 0 Å². The minimum absolute atomic E-state index is 0.563. The van der Waals surface area contributed by atoms with Gasteiger partial charge < -0.3 is 4.74 Å². The standard InChI is InChI=1S/C24H43NO/c1-3-4-5-19-8-16-24(17-9-19)26-18-20-6-10-21(11-7-20)22-12-14-23(25-2)15-13-22/h19-24H,2-18H2,1H3. The minimum atomic E-state index is 0.563. The number of hydrogen-bond donors (Lipinski definition) is 0. The van der Waals surface area contributed by atoms with Gasteiger partial charge in [-0.1, -0.05) is 26.2 Å². The van der Waals surface area contributed by atoms with Gasteiger partial charge in [0.25, 0.3) is 0 Å². The maximum atomic E-state index is 6.37. The van der Waals surface area contributed by atoms with Crippen LogP contribution in [0.1, 0.15) is 103 Å². The summed E-state index contributed by atoms with van der Waals surface area (Å²) in [5.41, 5.74) is 0. The molecule has 3 aliphatic rings. The topological polar surface area (TPSA) is 21.6 Å². The van der Waals surface area contributed by atoms with E-state index in [1.165, 1.54) is 96.3 Å². The predicted molar refractivity (Wildman–Crippen MR) is 112 cm³/mol. The highest BCUT2D eigenvalue weighted by Gasteiger charge is 2.31. The Balaban J connectivity index is 1.27. The van der Waals surface area contributed by atoms with Crippen molar-refractivity contribution in [1.82, 2.24) is 0 Å². The molecule has 3 aliphatic carbocycles. The molecule has 2 heteroatoms. The lowest BCUT2D eigenvalue weighted by atomic mass is 9.70. The van der Waals surface area contributed by atoms with Gasteiger partial charge in [0, 0.05) is 12.6 Å². The number of aliphatic imine (C=N–C) groups is 1. The third-order valence-corrected chi connectivity index (χ3v) is 7.88. The lowest BCUT2D eigenvalue weighted by Gasteiger charge is -2.37. The van der Waals surface area contributed by atoms with Crippen molar-refractivity contribution in [2.24, 2.45) is 28.7 Å². The minimum Gasteiger partial charge on any atom is -0.378 e. The Morgan fingerprint density at radius 1 is 0.769 bits per heavy atom. The van der Waals surface area contributed by atoms with Crippen molar-refractivity contribution >= 4 is 6.72 Å². The molecule has 0 bridgehead atoms. The first-order chi connectivity index (χ1) is 12.8. The van der Waals surface area contributed by atoms with E-state index in [0.29, 0.717) is 12.1 Å². The Hall–Kier alpha value is -0.370. The predicted octanol–water partition coefficient (Wildman–Crippen LogP) is 6.82. The maximum absolute atomic E-state index is 6.37. The number of hydrogen-bond acceptors (Lipinski definition) is 2. The van der Waals surface area contributed by atoms with Crippen LogP contribution in [0.5, 0.6) is 0 Å². The summed E-state index contributed by atoms with van der Waals surface area (Å²) in [6, 6.07) is 0.563. The van der Waals surface area contributed by atoms with Crippen LogP contribution in [0.4, 0.5) is 0 Å². The second kappa shape index (κ2) is 10.8. The van der Waals surface area contributed by atoms with Gasteiger partial charge in [0.1, 0.15) is 0 Å². The van der Waals surface area contributed by atoms with Gasteiger partial charge in [-0.05, 0) is 107 Å². The Morgan fingerprint density at radius 2 is 1.35 bits per heavy atom. The molecule has 0 aromatic carbocycles. The summed E-state index contributed by atoms with van der Waals surface area (Å²) in [6.07, 6.45) is 21.4. The molecule has 3 fully saturated rings. The van der Waals surface area contributed by atoms with Crippen LogP contribution in [-0.2, 0) is 4.74 Å². The summed E-state index contributed by atoms with van der Waals surface area (Å²) in [4.78, 5) is 4.26. The van der Waals surface area contributed by atoms with E-state index in [0.717, 1.165) is 30.3 Å². The molecule has 0 atom stereocenters. The molecule has 150 valence electrons. The average molecular weight is 362 g/mol. The van der Waals surface area contributed by atoms with Crippen LogP contribution < -0.4 is 0 Å². The van der Waals surface area contributed by atoms with E-state index >= 15 is 0 Å². The van der Waals surface area contributed by atoms with Crippen LogP contribution in [0.2, 0.25) is 0 Å². The zero-order valence-electron chi connectivity index (χ0n) is 17.3. The zero-order chi connectivity index (χ0) is 18.2. The van der Waals surface area contributed by atoms with Crippen LogP contribution >= 0.6 is 0 Å². The van der Waals surface area contributed by atoms with Crippen molar-refractivity contribution in [2.45, 2.75) is 115 Å². The van der Waals surface area contributed by atoms with Crippen LogP contribution in [-0.4, -0.2) is 25.5 Å². The van der Waals surface area contributed by atoms with Gasteiger partial charge in [0.05, 0.1) is 6.10 Å². The summed E-state index contributed by atoms with van der Waals surface area (Å²) >= 11 is 0. The van der Waals surface area contributed by atoms with Crippen molar-refractivity contribution in [1.29, 1.82) is 0 Å². The SMILES string of the molecule is C=NC1CCC(C2CCC(COC3CCC(CCCC)CC3)CC2)CC1. The molecule has 0 saturated heterocycles. The smallest absolute Gasteiger partial charge is 0.0575 e. The van der Waals surface area contributed by atoms with E-state index in [1.54, 1.807) is 0 Å². The molecule has 0 aromatic heterocycles. The molecule has 0 aromatic rings. The fraction of sp³-hybridized carbons (Fsp3) is 0.958. The molecule has 0 aliphatic heterocycles. The molecular weight excluding hydrogens is 318 g/mol. The third-order valence-electron chi connectivity index (χ3n) is 7.88. The fourth-order valence-corrected chi connectivity index (χ4v) is 5.93. The summed E-state index contributed by atoms with van der Waals surface area (Å²) in [5.74, 6) is 3.81. The van der Waals surface area contributed by atoms with Gasteiger partial charge in [-0.15, -0.1) is 0 Å². The number of ether oxygens (including phenoxy) is 1. The van der Waals surface area contributed by atoms with Gasteiger partial charge in [0.15, 0.2) is 0 Å². The van der Waals surface area contributed by atoms with Gasteiger partial charge in [-0.25, -0.2) is 0 Å². The first-order valence-electron chi connectivity index (χ1n) is 11.9. The number of nitrogens with zero attached hydrogens (tertiary/aromatic N) is 1. The fourth-order valence-electron chi connectivity index (χ4n) is 5.93. The lowest BCUT2D eigenvalue weighted by Crippen LogP contribution is -2.29. The molecule has 0 heterocycles. The van der Waals surface area contributed by atoms with E-state index in [9.17, 15) is 0 Å². The summed E-state index contributed by atoms with van der Waals surface area (Å²) < 4.78 is 6.37. The van der Waals surface area contributed by atoms with Crippen molar-refractivity contribution in [3.63, 3.8) is 0 Å². The Bertz CT molecular complexity index is 385. The zero-order valence-corrected chi connectivity index (χ0v) is 17.3. The molecule has 26 heavy (non-hydrogen) atoms.